The fraction of sp³-hybridized carbons (Fsp3) is 0.417. The molecule has 0 bridgehead atoms. The molecule has 1 fully saturated rings. The van der Waals surface area contributed by atoms with Gasteiger partial charge in [0.15, 0.2) is 0 Å². The second-order valence-corrected chi connectivity index (χ2v) is 4.60. The van der Waals surface area contributed by atoms with Gasteiger partial charge in [-0.2, -0.15) is 0 Å². The van der Waals surface area contributed by atoms with Crippen molar-refractivity contribution in [2.75, 3.05) is 25.5 Å². The zero-order chi connectivity index (χ0) is 12.3. The van der Waals surface area contributed by atoms with Crippen LogP contribution in [0.2, 0.25) is 5.02 Å². The normalized spacial score (nSPS) is 18.3. The zero-order valence-electron chi connectivity index (χ0n) is 10.1. The number of carbonyl (C=O) groups excluding carboxylic acids is 1. The Labute approximate surface area is 118 Å². The molecule has 1 aromatic rings. The minimum atomic E-state index is -0.0648. The Morgan fingerprint density at radius 2 is 2.28 bits per heavy atom. The van der Waals surface area contributed by atoms with Crippen molar-refractivity contribution in [1.29, 1.82) is 0 Å². The van der Waals surface area contributed by atoms with Crippen molar-refractivity contribution in [3.05, 3.63) is 29.3 Å². The number of likely N-dealkylation sites (tertiary alicyclic amines) is 1. The molecule has 0 saturated carbocycles. The summed E-state index contributed by atoms with van der Waals surface area (Å²) in [4.78, 5) is 13.7. The number of nitrogens with one attached hydrogen (secondary N) is 2. The summed E-state index contributed by atoms with van der Waals surface area (Å²) >= 11 is 5.86. The lowest BCUT2D eigenvalue weighted by molar-refractivity contribution is 0.221. The standard InChI is InChI=1S/C12H16ClN3O.ClH/c1-14-11-5-6-16(8-11)12(17)15-10-4-2-3-9(13)7-10;/h2-4,7,11,14H,5-6,8H2,1H3,(H,15,17);1H/t11-;/m1./s1. The molecule has 2 N–H and O–H groups in total. The van der Waals surface area contributed by atoms with E-state index in [-0.39, 0.29) is 18.4 Å². The third kappa shape index (κ3) is 3.77. The maximum atomic E-state index is 11.9. The Kier molecular flexibility index (Phi) is 5.72. The van der Waals surface area contributed by atoms with E-state index >= 15 is 0 Å². The van der Waals surface area contributed by atoms with E-state index in [0.29, 0.717) is 11.1 Å². The summed E-state index contributed by atoms with van der Waals surface area (Å²) in [6.07, 6.45) is 0.999. The van der Waals surface area contributed by atoms with Gasteiger partial charge in [-0.05, 0) is 31.7 Å². The van der Waals surface area contributed by atoms with Gasteiger partial charge in [0.25, 0.3) is 0 Å². The third-order valence-corrected chi connectivity index (χ3v) is 3.19. The summed E-state index contributed by atoms with van der Waals surface area (Å²) in [5, 5.41) is 6.65. The number of hydrogen-bond donors (Lipinski definition) is 2. The summed E-state index contributed by atoms with van der Waals surface area (Å²) in [7, 11) is 1.92. The van der Waals surface area contributed by atoms with Crippen LogP contribution in [0.3, 0.4) is 0 Å². The average Bonchev–Trinajstić information content (AvgIpc) is 2.77. The van der Waals surface area contributed by atoms with Crippen LogP contribution < -0.4 is 10.6 Å². The summed E-state index contributed by atoms with van der Waals surface area (Å²) in [5.41, 5.74) is 0.732. The molecule has 1 heterocycles. The smallest absolute Gasteiger partial charge is 0.321 e. The minimum Gasteiger partial charge on any atom is -0.323 e. The Bertz CT molecular complexity index is 414. The molecule has 100 valence electrons. The molecule has 6 heteroatoms. The fourth-order valence-corrected chi connectivity index (χ4v) is 2.14. The minimum absolute atomic E-state index is 0. The SMILES string of the molecule is CN[C@@H]1CCN(C(=O)Nc2cccc(Cl)c2)C1.Cl. The predicted molar refractivity (Wildman–Crippen MR) is 76.8 cm³/mol. The molecule has 1 aromatic carbocycles. The van der Waals surface area contributed by atoms with Crippen LogP contribution in [0, 0.1) is 0 Å². The fourth-order valence-electron chi connectivity index (χ4n) is 1.95. The van der Waals surface area contributed by atoms with E-state index in [1.807, 2.05) is 24.1 Å². The van der Waals surface area contributed by atoms with Crippen LogP contribution in [-0.4, -0.2) is 37.1 Å². The van der Waals surface area contributed by atoms with Gasteiger partial charge in [-0.1, -0.05) is 17.7 Å². The van der Waals surface area contributed by atoms with Crippen LogP contribution in [0.1, 0.15) is 6.42 Å². The van der Waals surface area contributed by atoms with E-state index in [0.717, 1.165) is 25.2 Å². The summed E-state index contributed by atoms with van der Waals surface area (Å²) < 4.78 is 0. The maximum Gasteiger partial charge on any atom is 0.321 e. The van der Waals surface area contributed by atoms with Crippen LogP contribution in [0.4, 0.5) is 10.5 Å². The number of urea groups is 1. The lowest BCUT2D eigenvalue weighted by Crippen LogP contribution is -2.36. The van der Waals surface area contributed by atoms with Crippen molar-refractivity contribution in [2.45, 2.75) is 12.5 Å². The van der Waals surface area contributed by atoms with Gasteiger partial charge in [0, 0.05) is 29.8 Å². The number of halogens is 2. The van der Waals surface area contributed by atoms with Crippen LogP contribution in [0.25, 0.3) is 0 Å². The highest BCUT2D eigenvalue weighted by molar-refractivity contribution is 6.30. The number of rotatable bonds is 2. The molecule has 0 unspecified atom stereocenters. The van der Waals surface area contributed by atoms with Crippen molar-refractivity contribution in [1.82, 2.24) is 10.2 Å². The van der Waals surface area contributed by atoms with Crippen molar-refractivity contribution in [2.24, 2.45) is 0 Å². The predicted octanol–water partition coefficient (Wildman–Crippen LogP) is 2.59. The zero-order valence-corrected chi connectivity index (χ0v) is 11.7. The van der Waals surface area contributed by atoms with Crippen molar-refractivity contribution in [3.63, 3.8) is 0 Å². The first-order chi connectivity index (χ1) is 8.19. The average molecular weight is 290 g/mol. The van der Waals surface area contributed by atoms with Gasteiger partial charge >= 0.3 is 6.03 Å². The number of carbonyl (C=O) groups is 1. The van der Waals surface area contributed by atoms with Crippen LogP contribution >= 0.6 is 24.0 Å². The van der Waals surface area contributed by atoms with Gasteiger partial charge in [-0.15, -0.1) is 12.4 Å². The van der Waals surface area contributed by atoms with E-state index in [9.17, 15) is 4.79 Å². The number of likely N-dealkylation sites (N-methyl/N-ethyl adjacent to an activating group) is 1. The van der Waals surface area contributed by atoms with Crippen molar-refractivity contribution >= 4 is 35.7 Å². The molecule has 1 aliphatic rings. The van der Waals surface area contributed by atoms with Gasteiger partial charge in [0.1, 0.15) is 0 Å². The number of anilines is 1. The second kappa shape index (κ2) is 6.83. The number of benzene rings is 1. The summed E-state index contributed by atoms with van der Waals surface area (Å²) in [6, 6.07) is 7.51. The topological polar surface area (TPSA) is 44.4 Å². The summed E-state index contributed by atoms with van der Waals surface area (Å²) in [5.74, 6) is 0. The Morgan fingerprint density at radius 3 is 2.89 bits per heavy atom. The van der Waals surface area contributed by atoms with E-state index in [2.05, 4.69) is 10.6 Å². The highest BCUT2D eigenvalue weighted by Gasteiger charge is 2.24. The van der Waals surface area contributed by atoms with Crippen LogP contribution in [0.5, 0.6) is 0 Å². The molecule has 1 atom stereocenters. The number of amides is 2. The molecule has 0 aliphatic carbocycles. The van der Waals surface area contributed by atoms with Crippen LogP contribution in [0.15, 0.2) is 24.3 Å². The number of nitrogens with zero attached hydrogens (tertiary/aromatic N) is 1. The van der Waals surface area contributed by atoms with Gasteiger partial charge < -0.3 is 15.5 Å². The van der Waals surface area contributed by atoms with Crippen molar-refractivity contribution in [3.8, 4) is 0 Å². The second-order valence-electron chi connectivity index (χ2n) is 4.16. The molecule has 18 heavy (non-hydrogen) atoms. The molecule has 1 saturated heterocycles. The maximum absolute atomic E-state index is 11.9. The Morgan fingerprint density at radius 1 is 1.50 bits per heavy atom. The first-order valence-electron chi connectivity index (χ1n) is 5.68. The van der Waals surface area contributed by atoms with Gasteiger partial charge in [-0.3, -0.25) is 0 Å². The highest BCUT2D eigenvalue weighted by atomic mass is 35.5. The van der Waals surface area contributed by atoms with E-state index in [1.54, 1.807) is 12.1 Å². The highest BCUT2D eigenvalue weighted by Crippen LogP contribution is 2.16. The van der Waals surface area contributed by atoms with Crippen LogP contribution in [-0.2, 0) is 0 Å². The first kappa shape index (κ1) is 15.1. The lowest BCUT2D eigenvalue weighted by Gasteiger charge is -2.17. The molecule has 2 amide bonds. The van der Waals surface area contributed by atoms with E-state index < -0.39 is 0 Å². The number of hydrogen-bond acceptors (Lipinski definition) is 2. The van der Waals surface area contributed by atoms with E-state index in [1.165, 1.54) is 0 Å². The van der Waals surface area contributed by atoms with Gasteiger partial charge in [-0.25, -0.2) is 4.79 Å². The molecule has 0 radical (unpaired) electrons. The Balaban J connectivity index is 0.00000162. The Hall–Kier alpha value is -0.970. The molecule has 0 aromatic heterocycles. The lowest BCUT2D eigenvalue weighted by atomic mass is 10.3. The summed E-state index contributed by atoms with van der Waals surface area (Å²) in [6.45, 7) is 1.54. The molecule has 4 nitrogen and oxygen atoms in total. The monoisotopic (exact) mass is 289 g/mol. The van der Waals surface area contributed by atoms with Gasteiger partial charge in [0.2, 0.25) is 0 Å². The van der Waals surface area contributed by atoms with Crippen molar-refractivity contribution < 1.29 is 4.79 Å². The molecular weight excluding hydrogens is 273 g/mol. The van der Waals surface area contributed by atoms with E-state index in [4.69, 9.17) is 11.6 Å². The first-order valence-corrected chi connectivity index (χ1v) is 6.05. The quantitative estimate of drug-likeness (QED) is 0.879. The molecule has 0 spiro atoms. The largest absolute Gasteiger partial charge is 0.323 e. The van der Waals surface area contributed by atoms with Gasteiger partial charge in [0.05, 0.1) is 0 Å². The molecular formula is C12H17Cl2N3O. The molecule has 2 rings (SSSR count). The third-order valence-electron chi connectivity index (χ3n) is 2.96. The molecule has 1 aliphatic heterocycles.